The molecule has 0 aromatic rings. The highest BCUT2D eigenvalue weighted by Gasteiger charge is 2.32. The van der Waals surface area contributed by atoms with Gasteiger partial charge in [-0.3, -0.25) is 0 Å². The minimum absolute atomic E-state index is 0.325. The number of halogens is 1. The monoisotopic (exact) mass is 237 g/mol. The Kier molecular flexibility index (Phi) is 4.33. The fraction of sp³-hybridized carbons (Fsp3) is 0.333. The van der Waals surface area contributed by atoms with Gasteiger partial charge in [0, 0.05) is 12.0 Å². The van der Waals surface area contributed by atoms with Gasteiger partial charge in [0.25, 0.3) is 0 Å². The summed E-state index contributed by atoms with van der Waals surface area (Å²) in [6.45, 7) is 2.06. The van der Waals surface area contributed by atoms with E-state index in [4.69, 9.17) is 21.6 Å². The molecule has 0 fully saturated rings. The molecule has 0 heterocycles. The van der Waals surface area contributed by atoms with E-state index in [2.05, 4.69) is 0 Å². The Morgan fingerprint density at radius 1 is 1.69 bits per heavy atom. The van der Waals surface area contributed by atoms with Crippen molar-refractivity contribution < 1.29 is 9.53 Å². The van der Waals surface area contributed by atoms with Gasteiger partial charge >= 0.3 is 5.97 Å². The van der Waals surface area contributed by atoms with Crippen LogP contribution in [0.1, 0.15) is 6.92 Å². The van der Waals surface area contributed by atoms with Gasteiger partial charge < -0.3 is 4.74 Å². The van der Waals surface area contributed by atoms with E-state index >= 15 is 0 Å². The summed E-state index contributed by atoms with van der Waals surface area (Å²) < 4.78 is 4.74. The molecule has 0 aromatic heterocycles. The zero-order valence-corrected chi connectivity index (χ0v) is 9.65. The van der Waals surface area contributed by atoms with E-state index in [9.17, 15) is 4.79 Å². The van der Waals surface area contributed by atoms with Crippen molar-refractivity contribution in [2.24, 2.45) is 5.92 Å². The molecule has 2 atom stereocenters. The molecule has 3 nitrogen and oxygen atoms in total. The van der Waals surface area contributed by atoms with Gasteiger partial charge in [0.15, 0.2) is 4.87 Å². The Bertz CT molecular complexity index is 392. The average molecular weight is 238 g/mol. The lowest BCUT2D eigenvalue weighted by Gasteiger charge is -2.23. The Labute approximate surface area is 99.6 Å². The Morgan fingerprint density at radius 3 is 3.06 bits per heavy atom. The number of hydrogen-bond acceptors (Lipinski definition) is 3. The number of hydrogen-bond donors (Lipinski definition) is 0. The van der Waals surface area contributed by atoms with Crippen LogP contribution >= 0.6 is 11.6 Å². The molecule has 0 bridgehead atoms. The lowest BCUT2D eigenvalue weighted by atomic mass is 9.88. The van der Waals surface area contributed by atoms with Crippen molar-refractivity contribution in [3.05, 3.63) is 36.5 Å². The van der Waals surface area contributed by atoms with Crippen molar-refractivity contribution in [3.63, 3.8) is 0 Å². The molecule has 0 saturated heterocycles. The fourth-order valence-corrected chi connectivity index (χ4v) is 1.54. The first kappa shape index (κ1) is 12.5. The standard InChI is InChI=1S/C12H12ClNO2/c1-2-16-11(15)7-6-10-5-3-4-8-12(10,13)9-14/h3-8,10H,2H2,1H3. The van der Waals surface area contributed by atoms with E-state index in [1.54, 1.807) is 37.3 Å². The number of allylic oxidation sites excluding steroid dienone is 5. The molecule has 0 aromatic carbocycles. The summed E-state index contributed by atoms with van der Waals surface area (Å²) in [6.07, 6.45) is 9.75. The van der Waals surface area contributed by atoms with Gasteiger partial charge in [-0.1, -0.05) is 35.9 Å². The molecule has 0 saturated carbocycles. The summed E-state index contributed by atoms with van der Waals surface area (Å²) in [6, 6.07) is 2.01. The SMILES string of the molecule is CCOC(=O)C=CC1C=CC=CC1(Cl)C#N. The molecular weight excluding hydrogens is 226 g/mol. The summed E-state index contributed by atoms with van der Waals surface area (Å²) in [5.41, 5.74) is 0. The summed E-state index contributed by atoms with van der Waals surface area (Å²) in [5, 5.41) is 8.97. The third-order valence-electron chi connectivity index (χ3n) is 2.15. The fourth-order valence-electron chi connectivity index (χ4n) is 1.32. The lowest BCUT2D eigenvalue weighted by Crippen LogP contribution is -2.26. The first-order chi connectivity index (χ1) is 7.62. The Morgan fingerprint density at radius 2 is 2.44 bits per heavy atom. The lowest BCUT2D eigenvalue weighted by molar-refractivity contribution is -0.137. The van der Waals surface area contributed by atoms with Crippen LogP contribution in [0.2, 0.25) is 0 Å². The number of rotatable bonds is 3. The second-order valence-corrected chi connectivity index (χ2v) is 3.89. The van der Waals surface area contributed by atoms with Crippen LogP contribution in [0.3, 0.4) is 0 Å². The maximum atomic E-state index is 11.1. The highest BCUT2D eigenvalue weighted by molar-refractivity contribution is 6.27. The highest BCUT2D eigenvalue weighted by atomic mass is 35.5. The van der Waals surface area contributed by atoms with E-state index in [1.807, 2.05) is 6.07 Å². The second-order valence-electron chi connectivity index (χ2n) is 3.26. The number of esters is 1. The maximum absolute atomic E-state index is 11.1. The van der Waals surface area contributed by atoms with Crippen molar-refractivity contribution >= 4 is 17.6 Å². The quantitative estimate of drug-likeness (QED) is 0.430. The van der Waals surface area contributed by atoms with Crippen molar-refractivity contribution in [1.29, 1.82) is 5.26 Å². The first-order valence-corrected chi connectivity index (χ1v) is 5.31. The number of nitrogens with zero attached hydrogens (tertiary/aromatic N) is 1. The van der Waals surface area contributed by atoms with Crippen molar-refractivity contribution in [2.75, 3.05) is 6.61 Å². The number of ether oxygens (including phenoxy) is 1. The normalized spacial score (nSPS) is 27.9. The zero-order chi connectivity index (χ0) is 12.0. The molecule has 0 N–H and O–H groups in total. The third-order valence-corrected chi connectivity index (χ3v) is 2.61. The predicted molar refractivity (Wildman–Crippen MR) is 61.7 cm³/mol. The number of alkyl halides is 1. The number of carbonyl (C=O) groups excluding carboxylic acids is 1. The van der Waals surface area contributed by atoms with Crippen LogP contribution in [-0.2, 0) is 9.53 Å². The molecule has 0 spiro atoms. The van der Waals surface area contributed by atoms with Crippen molar-refractivity contribution in [2.45, 2.75) is 11.8 Å². The van der Waals surface area contributed by atoms with Crippen LogP contribution < -0.4 is 0 Å². The first-order valence-electron chi connectivity index (χ1n) is 4.93. The van der Waals surface area contributed by atoms with Gasteiger partial charge in [-0.15, -0.1) is 0 Å². The maximum Gasteiger partial charge on any atom is 0.330 e. The summed E-state index contributed by atoms with van der Waals surface area (Å²) in [5.74, 6) is -0.754. The van der Waals surface area contributed by atoms with Gasteiger partial charge in [-0.05, 0) is 13.0 Å². The largest absolute Gasteiger partial charge is 0.463 e. The molecule has 0 amide bonds. The molecule has 2 unspecified atom stereocenters. The number of nitriles is 1. The van der Waals surface area contributed by atoms with E-state index in [0.29, 0.717) is 6.61 Å². The van der Waals surface area contributed by atoms with Crippen LogP contribution in [0.15, 0.2) is 36.5 Å². The van der Waals surface area contributed by atoms with Crippen LogP contribution in [0.25, 0.3) is 0 Å². The van der Waals surface area contributed by atoms with E-state index in [1.165, 1.54) is 6.08 Å². The van der Waals surface area contributed by atoms with Crippen LogP contribution in [0.4, 0.5) is 0 Å². The summed E-state index contributed by atoms with van der Waals surface area (Å²) in [4.78, 5) is 9.99. The molecule has 16 heavy (non-hydrogen) atoms. The highest BCUT2D eigenvalue weighted by Crippen LogP contribution is 2.31. The predicted octanol–water partition coefficient (Wildman–Crippen LogP) is 2.35. The van der Waals surface area contributed by atoms with Gasteiger partial charge in [0.05, 0.1) is 12.7 Å². The van der Waals surface area contributed by atoms with Crippen LogP contribution in [-0.4, -0.2) is 17.5 Å². The number of carbonyl (C=O) groups is 1. The van der Waals surface area contributed by atoms with Crippen LogP contribution in [0, 0.1) is 17.2 Å². The van der Waals surface area contributed by atoms with Gasteiger partial charge in [0.1, 0.15) is 0 Å². The summed E-state index contributed by atoms with van der Waals surface area (Å²) >= 11 is 6.08. The topological polar surface area (TPSA) is 50.1 Å². The smallest absolute Gasteiger partial charge is 0.330 e. The molecule has 1 aliphatic carbocycles. The molecular formula is C12H12ClNO2. The molecule has 84 valence electrons. The molecule has 0 radical (unpaired) electrons. The van der Waals surface area contributed by atoms with Crippen LogP contribution in [0.5, 0.6) is 0 Å². The van der Waals surface area contributed by atoms with Gasteiger partial charge in [0.2, 0.25) is 0 Å². The van der Waals surface area contributed by atoms with E-state index in [-0.39, 0.29) is 5.92 Å². The molecule has 1 aliphatic rings. The molecule has 0 aliphatic heterocycles. The average Bonchev–Trinajstić information content (AvgIpc) is 2.28. The minimum atomic E-state index is -1.11. The Hall–Kier alpha value is -1.53. The van der Waals surface area contributed by atoms with E-state index < -0.39 is 10.8 Å². The van der Waals surface area contributed by atoms with E-state index in [0.717, 1.165) is 0 Å². The minimum Gasteiger partial charge on any atom is -0.463 e. The van der Waals surface area contributed by atoms with Crippen molar-refractivity contribution in [3.8, 4) is 6.07 Å². The Balaban J connectivity index is 2.74. The van der Waals surface area contributed by atoms with Gasteiger partial charge in [-0.25, -0.2) is 4.79 Å². The zero-order valence-electron chi connectivity index (χ0n) is 8.89. The molecule has 1 rings (SSSR count). The summed E-state index contributed by atoms with van der Waals surface area (Å²) in [7, 11) is 0. The van der Waals surface area contributed by atoms with Gasteiger partial charge in [-0.2, -0.15) is 5.26 Å². The second kappa shape index (κ2) is 5.53. The third kappa shape index (κ3) is 2.98. The molecule has 4 heteroatoms. The van der Waals surface area contributed by atoms with Crippen molar-refractivity contribution in [1.82, 2.24) is 0 Å².